The van der Waals surface area contributed by atoms with Crippen LogP contribution >= 0.6 is 11.6 Å². The van der Waals surface area contributed by atoms with Crippen molar-refractivity contribution in [2.75, 3.05) is 16.3 Å². The number of halogens is 1. The van der Waals surface area contributed by atoms with Gasteiger partial charge in [0, 0.05) is 18.9 Å². The minimum absolute atomic E-state index is 0.478. The van der Waals surface area contributed by atoms with Crippen LogP contribution in [0.2, 0.25) is 5.02 Å². The van der Waals surface area contributed by atoms with E-state index in [0.29, 0.717) is 22.9 Å². The smallest absolute Gasteiger partial charge is 0.229 e. The number of sulfonamides is 1. The third-order valence-electron chi connectivity index (χ3n) is 2.78. The topological polar surface area (TPSA) is 63.1 Å². The average molecular weight is 314 g/mol. The zero-order valence-electron chi connectivity index (χ0n) is 11.2. The largest absolute Gasteiger partial charge is 0.378 e. The van der Waals surface area contributed by atoms with Gasteiger partial charge in [0.25, 0.3) is 0 Å². The Morgan fingerprint density at radius 3 is 2.65 bits per heavy atom. The fourth-order valence-corrected chi connectivity index (χ4v) is 2.54. The van der Waals surface area contributed by atoms with Crippen molar-refractivity contribution in [2.24, 2.45) is 7.05 Å². The lowest BCUT2D eigenvalue weighted by Gasteiger charge is -2.11. The molecule has 0 unspecified atom stereocenters. The van der Waals surface area contributed by atoms with Gasteiger partial charge in [0.2, 0.25) is 10.0 Å². The van der Waals surface area contributed by atoms with Crippen molar-refractivity contribution < 1.29 is 8.42 Å². The summed E-state index contributed by atoms with van der Waals surface area (Å²) in [5.74, 6) is 0. The van der Waals surface area contributed by atoms with Gasteiger partial charge < -0.3 is 9.88 Å². The summed E-state index contributed by atoms with van der Waals surface area (Å²) in [7, 11) is -1.34. The van der Waals surface area contributed by atoms with Crippen LogP contribution in [0, 0.1) is 0 Å². The number of nitrogens with one attached hydrogen (secondary N) is 2. The summed E-state index contributed by atoms with van der Waals surface area (Å²) in [6.07, 6.45) is 3.07. The van der Waals surface area contributed by atoms with E-state index in [1.165, 1.54) is 0 Å². The molecule has 0 amide bonds. The lowest BCUT2D eigenvalue weighted by molar-refractivity contribution is 0.607. The first-order valence-corrected chi connectivity index (χ1v) is 8.23. The summed E-state index contributed by atoms with van der Waals surface area (Å²) in [4.78, 5) is 0. The Labute approximate surface area is 123 Å². The number of anilines is 2. The Kier molecular flexibility index (Phi) is 4.25. The van der Waals surface area contributed by atoms with Crippen molar-refractivity contribution in [3.05, 3.63) is 47.2 Å². The van der Waals surface area contributed by atoms with Crippen LogP contribution in [0.4, 0.5) is 11.4 Å². The van der Waals surface area contributed by atoms with E-state index in [0.717, 1.165) is 11.9 Å². The molecule has 20 heavy (non-hydrogen) atoms. The van der Waals surface area contributed by atoms with E-state index in [4.69, 9.17) is 11.6 Å². The van der Waals surface area contributed by atoms with Crippen molar-refractivity contribution in [1.82, 2.24) is 4.57 Å². The molecule has 0 saturated heterocycles. The molecule has 1 aromatic heterocycles. The van der Waals surface area contributed by atoms with Gasteiger partial charge in [-0.3, -0.25) is 4.72 Å². The summed E-state index contributed by atoms with van der Waals surface area (Å²) in [5.41, 5.74) is 2.26. The van der Waals surface area contributed by atoms with Crippen LogP contribution in [-0.2, 0) is 23.6 Å². The van der Waals surface area contributed by atoms with E-state index >= 15 is 0 Å². The number of rotatable bonds is 5. The first kappa shape index (κ1) is 14.7. The zero-order chi connectivity index (χ0) is 14.8. The summed E-state index contributed by atoms with van der Waals surface area (Å²) in [5, 5.41) is 3.73. The minimum atomic E-state index is -3.30. The normalized spacial score (nSPS) is 11.3. The Morgan fingerprint density at radius 1 is 1.30 bits per heavy atom. The Balaban J connectivity index is 2.15. The SMILES string of the molecule is Cn1cccc1CNc1cc(NS(C)(=O)=O)ccc1Cl. The lowest BCUT2D eigenvalue weighted by atomic mass is 10.2. The van der Waals surface area contributed by atoms with Gasteiger partial charge in [-0.2, -0.15) is 0 Å². The molecule has 0 aliphatic carbocycles. The van der Waals surface area contributed by atoms with Crippen LogP contribution in [-0.4, -0.2) is 19.2 Å². The molecule has 0 radical (unpaired) electrons. The van der Waals surface area contributed by atoms with E-state index in [1.807, 2.05) is 29.9 Å². The number of aryl methyl sites for hydroxylation is 1. The number of benzene rings is 1. The second-order valence-corrected chi connectivity index (χ2v) is 6.69. The van der Waals surface area contributed by atoms with Crippen LogP contribution in [0.25, 0.3) is 0 Å². The molecular weight excluding hydrogens is 298 g/mol. The quantitative estimate of drug-likeness (QED) is 0.892. The number of nitrogens with zero attached hydrogens (tertiary/aromatic N) is 1. The average Bonchev–Trinajstić information content (AvgIpc) is 2.74. The Hall–Kier alpha value is -1.66. The molecule has 0 spiro atoms. The fourth-order valence-electron chi connectivity index (χ4n) is 1.80. The van der Waals surface area contributed by atoms with Gasteiger partial charge in [0.05, 0.1) is 29.2 Å². The number of hydrogen-bond acceptors (Lipinski definition) is 3. The zero-order valence-corrected chi connectivity index (χ0v) is 12.8. The van der Waals surface area contributed by atoms with Crippen LogP contribution in [0.5, 0.6) is 0 Å². The molecule has 2 aromatic rings. The molecule has 5 nitrogen and oxygen atoms in total. The van der Waals surface area contributed by atoms with Crippen LogP contribution in [0.15, 0.2) is 36.5 Å². The predicted molar refractivity (Wildman–Crippen MR) is 82.7 cm³/mol. The van der Waals surface area contributed by atoms with Gasteiger partial charge in [0.1, 0.15) is 0 Å². The maximum Gasteiger partial charge on any atom is 0.229 e. The molecule has 7 heteroatoms. The van der Waals surface area contributed by atoms with Crippen molar-refractivity contribution in [3.63, 3.8) is 0 Å². The highest BCUT2D eigenvalue weighted by Gasteiger charge is 2.06. The summed E-state index contributed by atoms with van der Waals surface area (Å²) < 4.78 is 26.9. The first-order valence-electron chi connectivity index (χ1n) is 5.96. The van der Waals surface area contributed by atoms with Gasteiger partial charge in [-0.05, 0) is 30.3 Å². The van der Waals surface area contributed by atoms with E-state index in [1.54, 1.807) is 18.2 Å². The van der Waals surface area contributed by atoms with E-state index in [2.05, 4.69) is 10.0 Å². The second-order valence-electron chi connectivity index (χ2n) is 4.53. The fraction of sp³-hybridized carbons (Fsp3) is 0.231. The maximum absolute atomic E-state index is 11.2. The molecule has 1 aromatic carbocycles. The van der Waals surface area contributed by atoms with Crippen LogP contribution in [0.1, 0.15) is 5.69 Å². The molecular formula is C13H16ClN3O2S. The van der Waals surface area contributed by atoms with E-state index < -0.39 is 10.0 Å². The molecule has 2 rings (SSSR count). The Bertz CT molecular complexity index is 710. The van der Waals surface area contributed by atoms with Crippen molar-refractivity contribution in [1.29, 1.82) is 0 Å². The van der Waals surface area contributed by atoms with Gasteiger partial charge in [0.15, 0.2) is 0 Å². The molecule has 108 valence electrons. The standard InChI is InChI=1S/C13H16ClN3O2S/c1-17-7-3-4-11(17)9-15-13-8-10(5-6-12(13)14)16-20(2,18)19/h3-8,15-16H,9H2,1-2H3. The monoisotopic (exact) mass is 313 g/mol. The lowest BCUT2D eigenvalue weighted by Crippen LogP contribution is -2.10. The molecule has 0 fully saturated rings. The number of hydrogen-bond donors (Lipinski definition) is 2. The third kappa shape index (κ3) is 3.91. The van der Waals surface area contributed by atoms with E-state index in [-0.39, 0.29) is 0 Å². The van der Waals surface area contributed by atoms with Gasteiger partial charge in [-0.15, -0.1) is 0 Å². The summed E-state index contributed by atoms with van der Waals surface area (Å²) >= 11 is 6.10. The highest BCUT2D eigenvalue weighted by Crippen LogP contribution is 2.26. The number of aromatic nitrogens is 1. The molecule has 0 bridgehead atoms. The molecule has 0 aliphatic heterocycles. The molecule has 1 heterocycles. The van der Waals surface area contributed by atoms with Gasteiger partial charge in [-0.25, -0.2) is 8.42 Å². The van der Waals surface area contributed by atoms with Crippen LogP contribution < -0.4 is 10.0 Å². The van der Waals surface area contributed by atoms with Gasteiger partial charge >= 0.3 is 0 Å². The second kappa shape index (κ2) is 5.76. The third-order valence-corrected chi connectivity index (χ3v) is 3.72. The van der Waals surface area contributed by atoms with Crippen LogP contribution in [0.3, 0.4) is 0 Å². The Morgan fingerprint density at radius 2 is 2.05 bits per heavy atom. The highest BCUT2D eigenvalue weighted by molar-refractivity contribution is 7.92. The predicted octanol–water partition coefficient (Wildman–Crippen LogP) is 2.66. The minimum Gasteiger partial charge on any atom is -0.378 e. The van der Waals surface area contributed by atoms with Crippen molar-refractivity contribution >= 4 is 33.0 Å². The first-order chi connectivity index (χ1) is 9.35. The summed E-state index contributed by atoms with van der Waals surface area (Å²) in [6.45, 7) is 0.603. The molecule has 0 aliphatic rings. The highest BCUT2D eigenvalue weighted by atomic mass is 35.5. The van der Waals surface area contributed by atoms with Gasteiger partial charge in [-0.1, -0.05) is 11.6 Å². The van der Waals surface area contributed by atoms with Crippen molar-refractivity contribution in [2.45, 2.75) is 6.54 Å². The molecule has 2 N–H and O–H groups in total. The summed E-state index contributed by atoms with van der Waals surface area (Å²) in [6, 6.07) is 8.91. The molecule has 0 atom stereocenters. The van der Waals surface area contributed by atoms with Crippen molar-refractivity contribution in [3.8, 4) is 0 Å². The van der Waals surface area contributed by atoms with E-state index in [9.17, 15) is 8.42 Å². The maximum atomic E-state index is 11.2. The molecule has 0 saturated carbocycles.